The first kappa shape index (κ1) is 14.9. The molecule has 5 heteroatoms. The van der Waals surface area contributed by atoms with Crippen LogP contribution in [0.3, 0.4) is 0 Å². The van der Waals surface area contributed by atoms with E-state index in [1.807, 2.05) is 31.2 Å². The van der Waals surface area contributed by atoms with E-state index in [4.69, 9.17) is 9.51 Å². The van der Waals surface area contributed by atoms with Crippen molar-refractivity contribution >= 4 is 11.3 Å². The average molecular weight is 313 g/mol. The van der Waals surface area contributed by atoms with Gasteiger partial charge in [0, 0.05) is 29.1 Å². The quantitative estimate of drug-likeness (QED) is 0.764. The van der Waals surface area contributed by atoms with Gasteiger partial charge in [-0.05, 0) is 20.8 Å². The van der Waals surface area contributed by atoms with Gasteiger partial charge in [-0.1, -0.05) is 35.5 Å². The Labute approximate surface area is 134 Å². The van der Waals surface area contributed by atoms with Gasteiger partial charge < -0.3 is 9.84 Å². The highest BCUT2D eigenvalue weighted by Gasteiger charge is 2.15. The van der Waals surface area contributed by atoms with Gasteiger partial charge in [0.2, 0.25) is 0 Å². The van der Waals surface area contributed by atoms with Crippen LogP contribution in [0, 0.1) is 13.8 Å². The second-order valence-electron chi connectivity index (χ2n) is 5.37. The molecule has 1 atom stereocenters. The molecule has 1 aromatic carbocycles. The maximum absolute atomic E-state index is 5.09. The molecule has 0 amide bonds. The van der Waals surface area contributed by atoms with E-state index >= 15 is 0 Å². The maximum atomic E-state index is 5.09. The van der Waals surface area contributed by atoms with Crippen molar-refractivity contribution in [2.24, 2.45) is 0 Å². The van der Waals surface area contributed by atoms with E-state index < -0.39 is 0 Å². The van der Waals surface area contributed by atoms with E-state index in [1.54, 1.807) is 11.3 Å². The topological polar surface area (TPSA) is 51.0 Å². The number of hydrogen-bond donors (Lipinski definition) is 1. The van der Waals surface area contributed by atoms with Crippen LogP contribution in [-0.4, -0.2) is 10.1 Å². The number of hydrogen-bond acceptors (Lipinski definition) is 5. The van der Waals surface area contributed by atoms with Crippen molar-refractivity contribution in [1.82, 2.24) is 15.5 Å². The van der Waals surface area contributed by atoms with Crippen LogP contribution in [0.1, 0.15) is 35.0 Å². The lowest BCUT2D eigenvalue weighted by Crippen LogP contribution is -2.18. The highest BCUT2D eigenvalue weighted by atomic mass is 32.1. The van der Waals surface area contributed by atoms with Crippen molar-refractivity contribution in [2.45, 2.75) is 33.4 Å². The van der Waals surface area contributed by atoms with Gasteiger partial charge in [-0.3, -0.25) is 0 Å². The SMILES string of the molecule is Cc1cc(CN[C@H](C)c2sc(-c3ccccc3)nc2C)no1. The molecule has 22 heavy (non-hydrogen) atoms. The van der Waals surface area contributed by atoms with Crippen molar-refractivity contribution in [3.05, 3.63) is 58.4 Å². The van der Waals surface area contributed by atoms with Crippen molar-refractivity contribution < 1.29 is 4.52 Å². The molecule has 3 rings (SSSR count). The molecule has 0 aliphatic carbocycles. The minimum atomic E-state index is 0.229. The second kappa shape index (κ2) is 6.42. The fraction of sp³-hybridized carbons (Fsp3) is 0.294. The Hall–Kier alpha value is -1.98. The van der Waals surface area contributed by atoms with Crippen LogP contribution in [0.2, 0.25) is 0 Å². The van der Waals surface area contributed by atoms with Gasteiger partial charge in [-0.25, -0.2) is 4.98 Å². The Bertz CT molecular complexity index is 748. The Morgan fingerprint density at radius 1 is 1.23 bits per heavy atom. The van der Waals surface area contributed by atoms with E-state index in [0.717, 1.165) is 22.2 Å². The summed E-state index contributed by atoms with van der Waals surface area (Å²) in [6.45, 7) is 6.81. The van der Waals surface area contributed by atoms with Gasteiger partial charge in [0.05, 0.1) is 11.4 Å². The highest BCUT2D eigenvalue weighted by molar-refractivity contribution is 7.15. The van der Waals surface area contributed by atoms with E-state index in [2.05, 4.69) is 36.5 Å². The third-order valence-corrected chi connectivity index (χ3v) is 4.90. The van der Waals surface area contributed by atoms with Crippen LogP contribution in [0.25, 0.3) is 10.6 Å². The fourth-order valence-electron chi connectivity index (χ4n) is 2.37. The first-order chi connectivity index (χ1) is 10.6. The Kier molecular flexibility index (Phi) is 4.36. The predicted molar refractivity (Wildman–Crippen MR) is 88.8 cm³/mol. The maximum Gasteiger partial charge on any atom is 0.133 e. The summed E-state index contributed by atoms with van der Waals surface area (Å²) in [6.07, 6.45) is 0. The molecule has 0 spiro atoms. The average Bonchev–Trinajstić information content (AvgIpc) is 3.12. The van der Waals surface area contributed by atoms with Crippen LogP contribution in [0.5, 0.6) is 0 Å². The standard InChI is InChI=1S/C17H19N3OS/c1-11-9-15(20-21-11)10-18-12(2)16-13(3)19-17(22-16)14-7-5-4-6-8-14/h4-9,12,18H,10H2,1-3H3/t12-/m1/s1. The Balaban J connectivity index is 1.72. The van der Waals surface area contributed by atoms with Gasteiger partial charge in [0.1, 0.15) is 10.8 Å². The van der Waals surface area contributed by atoms with Gasteiger partial charge in [-0.15, -0.1) is 11.3 Å². The van der Waals surface area contributed by atoms with Crippen LogP contribution in [0.15, 0.2) is 40.9 Å². The fourth-order valence-corrected chi connectivity index (χ4v) is 3.46. The van der Waals surface area contributed by atoms with Crippen molar-refractivity contribution in [3.63, 3.8) is 0 Å². The number of aryl methyl sites for hydroxylation is 2. The van der Waals surface area contributed by atoms with Gasteiger partial charge >= 0.3 is 0 Å². The number of benzene rings is 1. The largest absolute Gasteiger partial charge is 0.361 e. The number of thiazole rings is 1. The van der Waals surface area contributed by atoms with Crippen LogP contribution in [-0.2, 0) is 6.54 Å². The summed E-state index contributed by atoms with van der Waals surface area (Å²) in [6, 6.07) is 12.5. The Morgan fingerprint density at radius 3 is 2.68 bits per heavy atom. The molecular weight excluding hydrogens is 294 g/mol. The zero-order valence-corrected chi connectivity index (χ0v) is 13.8. The molecule has 2 heterocycles. The van der Waals surface area contributed by atoms with Gasteiger partial charge in [-0.2, -0.15) is 0 Å². The van der Waals surface area contributed by atoms with Crippen LogP contribution in [0.4, 0.5) is 0 Å². The molecule has 0 unspecified atom stereocenters. The summed E-state index contributed by atoms with van der Waals surface area (Å²) < 4.78 is 5.09. The van der Waals surface area contributed by atoms with Crippen molar-refractivity contribution in [3.8, 4) is 10.6 Å². The lowest BCUT2D eigenvalue weighted by Gasteiger charge is -2.11. The molecular formula is C17H19N3OS. The van der Waals surface area contributed by atoms with E-state index in [0.29, 0.717) is 6.54 Å². The summed E-state index contributed by atoms with van der Waals surface area (Å²) >= 11 is 1.74. The smallest absolute Gasteiger partial charge is 0.133 e. The number of aromatic nitrogens is 2. The summed E-state index contributed by atoms with van der Waals surface area (Å²) in [5, 5.41) is 8.56. The molecule has 3 aromatic rings. The summed E-state index contributed by atoms with van der Waals surface area (Å²) in [7, 11) is 0. The first-order valence-electron chi connectivity index (χ1n) is 7.32. The molecule has 4 nitrogen and oxygen atoms in total. The minimum Gasteiger partial charge on any atom is -0.361 e. The summed E-state index contributed by atoms with van der Waals surface area (Å²) in [5.41, 5.74) is 3.18. The van der Waals surface area contributed by atoms with Crippen molar-refractivity contribution in [2.75, 3.05) is 0 Å². The van der Waals surface area contributed by atoms with Gasteiger partial charge in [0.15, 0.2) is 0 Å². The predicted octanol–water partition coefficient (Wildman–Crippen LogP) is 4.27. The molecule has 0 saturated heterocycles. The lowest BCUT2D eigenvalue weighted by atomic mass is 10.2. The molecule has 0 radical (unpaired) electrons. The third-order valence-electron chi connectivity index (χ3n) is 3.51. The lowest BCUT2D eigenvalue weighted by molar-refractivity contribution is 0.386. The minimum absolute atomic E-state index is 0.229. The number of nitrogens with one attached hydrogen (secondary N) is 1. The summed E-state index contributed by atoms with van der Waals surface area (Å²) in [4.78, 5) is 5.97. The first-order valence-corrected chi connectivity index (χ1v) is 8.13. The molecule has 1 N–H and O–H groups in total. The number of rotatable bonds is 5. The monoisotopic (exact) mass is 313 g/mol. The Morgan fingerprint density at radius 2 is 2.00 bits per heavy atom. The van der Waals surface area contributed by atoms with Crippen molar-refractivity contribution in [1.29, 1.82) is 0 Å². The van der Waals surface area contributed by atoms with E-state index in [1.165, 1.54) is 10.4 Å². The normalized spacial score (nSPS) is 12.5. The molecule has 2 aromatic heterocycles. The van der Waals surface area contributed by atoms with Crippen LogP contribution < -0.4 is 5.32 Å². The molecule has 0 saturated carbocycles. The van der Waals surface area contributed by atoms with Crippen LogP contribution >= 0.6 is 11.3 Å². The van der Waals surface area contributed by atoms with E-state index in [-0.39, 0.29) is 6.04 Å². The molecule has 0 fully saturated rings. The molecule has 0 aliphatic heterocycles. The molecule has 114 valence electrons. The number of nitrogens with zero attached hydrogens (tertiary/aromatic N) is 2. The molecule has 0 aliphatic rings. The summed E-state index contributed by atoms with van der Waals surface area (Å²) in [5.74, 6) is 0.838. The second-order valence-corrected chi connectivity index (χ2v) is 6.40. The highest BCUT2D eigenvalue weighted by Crippen LogP contribution is 2.31. The van der Waals surface area contributed by atoms with E-state index in [9.17, 15) is 0 Å². The van der Waals surface area contributed by atoms with Gasteiger partial charge in [0.25, 0.3) is 0 Å². The molecule has 0 bridgehead atoms. The third kappa shape index (κ3) is 3.26. The zero-order valence-electron chi connectivity index (χ0n) is 13.0. The zero-order chi connectivity index (χ0) is 15.5.